The van der Waals surface area contributed by atoms with Gasteiger partial charge < -0.3 is 24.8 Å². The van der Waals surface area contributed by atoms with Gasteiger partial charge in [0.25, 0.3) is 5.91 Å². The average molecular weight is 479 g/mol. The highest BCUT2D eigenvalue weighted by molar-refractivity contribution is 7.22. The summed E-state index contributed by atoms with van der Waals surface area (Å²) in [6.07, 6.45) is 0. The van der Waals surface area contributed by atoms with Crippen LogP contribution in [0.3, 0.4) is 0 Å². The lowest BCUT2D eigenvalue weighted by Crippen LogP contribution is -2.19. The fourth-order valence-electron chi connectivity index (χ4n) is 3.25. The van der Waals surface area contributed by atoms with Crippen molar-refractivity contribution in [2.45, 2.75) is 0 Å². The maximum absolute atomic E-state index is 12.6. The number of hydrogen-bond acceptors (Lipinski definition) is 7. The average Bonchev–Trinajstić information content (AvgIpc) is 3.26. The highest BCUT2D eigenvalue weighted by Gasteiger charge is 2.15. The fraction of sp³-hybridized carbons (Fsp3) is 0.125. The molecule has 0 unspecified atom stereocenters. The van der Waals surface area contributed by atoms with Crippen LogP contribution in [-0.4, -0.2) is 38.3 Å². The first kappa shape index (κ1) is 22.9. The van der Waals surface area contributed by atoms with Crippen LogP contribution in [0.4, 0.5) is 21.3 Å². The molecular weight excluding hydrogens is 456 g/mol. The summed E-state index contributed by atoms with van der Waals surface area (Å²) in [7, 11) is 4.58. The molecule has 3 amide bonds. The molecule has 1 heterocycles. The van der Waals surface area contributed by atoms with Crippen LogP contribution in [0.5, 0.6) is 17.2 Å². The number of carbonyl (C=O) groups is 2. The van der Waals surface area contributed by atoms with Gasteiger partial charge in [-0.05, 0) is 30.3 Å². The number of fused-ring (bicyclic) bond motifs is 1. The molecule has 0 aliphatic heterocycles. The summed E-state index contributed by atoms with van der Waals surface area (Å²) in [5.74, 6) is 1.27. The van der Waals surface area contributed by atoms with E-state index in [1.807, 2.05) is 6.07 Å². The molecule has 34 heavy (non-hydrogen) atoms. The number of carbonyl (C=O) groups excluding carboxylic acids is 2. The minimum atomic E-state index is -0.448. The van der Waals surface area contributed by atoms with Crippen LogP contribution in [0, 0.1) is 0 Å². The summed E-state index contributed by atoms with van der Waals surface area (Å²) in [5.41, 5.74) is 2.16. The molecule has 9 nitrogen and oxygen atoms in total. The molecule has 0 spiro atoms. The molecule has 0 aliphatic rings. The first-order valence-corrected chi connectivity index (χ1v) is 11.0. The Morgan fingerprint density at radius 1 is 0.765 bits per heavy atom. The zero-order valence-corrected chi connectivity index (χ0v) is 19.5. The second-order valence-electron chi connectivity index (χ2n) is 7.01. The van der Waals surface area contributed by atoms with Crippen molar-refractivity contribution in [1.29, 1.82) is 0 Å². The smallest absolute Gasteiger partial charge is 0.323 e. The van der Waals surface area contributed by atoms with Gasteiger partial charge in [-0.2, -0.15) is 0 Å². The van der Waals surface area contributed by atoms with Gasteiger partial charge >= 0.3 is 6.03 Å². The van der Waals surface area contributed by atoms with Crippen LogP contribution >= 0.6 is 11.3 Å². The molecule has 3 aromatic carbocycles. The van der Waals surface area contributed by atoms with E-state index in [0.717, 1.165) is 4.70 Å². The third-order valence-corrected chi connectivity index (χ3v) is 5.75. The topological polar surface area (TPSA) is 111 Å². The Bertz CT molecular complexity index is 1340. The van der Waals surface area contributed by atoms with Crippen molar-refractivity contribution in [3.05, 3.63) is 66.2 Å². The van der Waals surface area contributed by atoms with E-state index in [2.05, 4.69) is 20.9 Å². The van der Waals surface area contributed by atoms with Gasteiger partial charge in [0.05, 0.1) is 26.0 Å². The maximum atomic E-state index is 12.6. The Labute approximate surface area is 199 Å². The lowest BCUT2D eigenvalue weighted by molar-refractivity contribution is 0.102. The highest BCUT2D eigenvalue weighted by atomic mass is 32.1. The lowest BCUT2D eigenvalue weighted by Gasteiger charge is -2.12. The van der Waals surface area contributed by atoms with Crippen molar-refractivity contribution in [1.82, 2.24) is 4.98 Å². The monoisotopic (exact) mass is 478 g/mol. The van der Waals surface area contributed by atoms with Gasteiger partial charge in [0, 0.05) is 29.1 Å². The van der Waals surface area contributed by atoms with E-state index in [9.17, 15) is 9.59 Å². The minimum Gasteiger partial charge on any atom is -0.494 e. The van der Waals surface area contributed by atoms with Crippen LogP contribution < -0.4 is 30.2 Å². The molecule has 4 aromatic rings. The van der Waals surface area contributed by atoms with Crippen molar-refractivity contribution >= 4 is 50.0 Å². The molecule has 4 rings (SSSR count). The van der Waals surface area contributed by atoms with Crippen LogP contribution in [-0.2, 0) is 0 Å². The summed E-state index contributed by atoms with van der Waals surface area (Å²) in [4.78, 5) is 29.5. The number of hydrogen-bond donors (Lipinski definition) is 3. The summed E-state index contributed by atoms with van der Waals surface area (Å²) in [6, 6.07) is 16.9. The third kappa shape index (κ3) is 5.02. The Balaban J connectivity index is 1.51. The molecule has 0 bridgehead atoms. The Morgan fingerprint density at radius 2 is 1.44 bits per heavy atom. The summed E-state index contributed by atoms with van der Waals surface area (Å²) in [6.45, 7) is 0. The van der Waals surface area contributed by atoms with Crippen LogP contribution in [0.2, 0.25) is 0 Å². The van der Waals surface area contributed by atoms with Crippen LogP contribution in [0.1, 0.15) is 10.4 Å². The predicted octanol–water partition coefficient (Wildman–Crippen LogP) is 5.22. The van der Waals surface area contributed by atoms with Gasteiger partial charge in [-0.15, -0.1) is 0 Å². The van der Waals surface area contributed by atoms with Crippen molar-refractivity contribution in [2.24, 2.45) is 0 Å². The third-order valence-electron chi connectivity index (χ3n) is 4.84. The lowest BCUT2D eigenvalue weighted by atomic mass is 10.2. The number of thiazole rings is 1. The van der Waals surface area contributed by atoms with Gasteiger partial charge in [-0.25, -0.2) is 9.78 Å². The van der Waals surface area contributed by atoms with Gasteiger partial charge in [0.15, 0.2) is 16.6 Å². The molecule has 3 N–H and O–H groups in total. The molecule has 0 saturated heterocycles. The van der Waals surface area contributed by atoms with E-state index in [0.29, 0.717) is 44.8 Å². The number of anilines is 3. The molecule has 10 heteroatoms. The molecule has 0 radical (unpaired) electrons. The molecule has 0 fully saturated rings. The Kier molecular flexibility index (Phi) is 6.79. The van der Waals surface area contributed by atoms with E-state index in [-0.39, 0.29) is 5.91 Å². The number of nitrogens with zero attached hydrogens (tertiary/aromatic N) is 1. The van der Waals surface area contributed by atoms with Crippen LogP contribution in [0.15, 0.2) is 60.7 Å². The highest BCUT2D eigenvalue weighted by Crippen LogP contribution is 2.36. The van der Waals surface area contributed by atoms with Gasteiger partial charge in [0.1, 0.15) is 11.3 Å². The molecule has 0 aliphatic carbocycles. The predicted molar refractivity (Wildman–Crippen MR) is 133 cm³/mol. The number of aromatic nitrogens is 1. The second kappa shape index (κ2) is 10.1. The van der Waals surface area contributed by atoms with Crippen molar-refractivity contribution in [2.75, 3.05) is 37.3 Å². The molecule has 174 valence electrons. The number of rotatable bonds is 7. The largest absolute Gasteiger partial charge is 0.494 e. The Hall–Kier alpha value is -4.31. The number of ether oxygens (including phenoxy) is 3. The molecule has 0 saturated carbocycles. The number of urea groups is 1. The van der Waals surface area contributed by atoms with Gasteiger partial charge in [-0.1, -0.05) is 29.5 Å². The first-order chi connectivity index (χ1) is 16.5. The Morgan fingerprint density at radius 3 is 2.15 bits per heavy atom. The summed E-state index contributed by atoms with van der Waals surface area (Å²) in [5, 5.41) is 8.77. The number of methoxy groups -OCH3 is 3. The maximum Gasteiger partial charge on any atom is 0.323 e. The van der Waals surface area contributed by atoms with Crippen molar-refractivity contribution in [3.8, 4) is 17.2 Å². The van der Waals surface area contributed by atoms with Crippen molar-refractivity contribution < 1.29 is 23.8 Å². The zero-order valence-electron chi connectivity index (χ0n) is 18.7. The number of amides is 3. The van der Waals surface area contributed by atoms with Crippen molar-refractivity contribution in [3.63, 3.8) is 0 Å². The van der Waals surface area contributed by atoms with E-state index in [1.165, 1.54) is 25.6 Å². The van der Waals surface area contributed by atoms with E-state index < -0.39 is 6.03 Å². The van der Waals surface area contributed by atoms with Gasteiger partial charge in [0.2, 0.25) is 0 Å². The first-order valence-electron chi connectivity index (χ1n) is 10.2. The molecule has 0 atom stereocenters. The minimum absolute atomic E-state index is 0.258. The second-order valence-corrected chi connectivity index (χ2v) is 8.04. The SMILES string of the molecule is COc1ccc(NC(=O)Nc2cc(OC)c3nc(NC(=O)c4ccccc4)sc3c2)cc1OC. The number of nitrogens with one attached hydrogen (secondary N) is 3. The van der Waals surface area contributed by atoms with E-state index in [1.54, 1.807) is 61.7 Å². The molecule has 1 aromatic heterocycles. The van der Waals surface area contributed by atoms with Gasteiger partial charge in [-0.3, -0.25) is 10.1 Å². The number of benzene rings is 3. The summed E-state index contributed by atoms with van der Waals surface area (Å²) >= 11 is 1.28. The fourth-order valence-corrected chi connectivity index (χ4v) is 4.16. The standard InChI is InChI=1S/C24H22N4O5S/c1-31-17-10-9-15(11-18(17)32-2)25-23(30)26-16-12-19(33-3)21-20(13-16)34-24(27-21)28-22(29)14-7-5-4-6-8-14/h4-13H,1-3H3,(H2,25,26,30)(H,27,28,29). The zero-order chi connectivity index (χ0) is 24.1. The van der Waals surface area contributed by atoms with Crippen LogP contribution in [0.25, 0.3) is 10.2 Å². The molecular formula is C24H22N4O5S. The normalized spacial score (nSPS) is 10.4. The van der Waals surface area contributed by atoms with E-state index >= 15 is 0 Å². The summed E-state index contributed by atoms with van der Waals surface area (Å²) < 4.78 is 16.7. The quantitative estimate of drug-likeness (QED) is 0.336. The van der Waals surface area contributed by atoms with E-state index in [4.69, 9.17) is 14.2 Å².